The van der Waals surface area contributed by atoms with E-state index in [1.165, 1.54) is 0 Å². The van der Waals surface area contributed by atoms with E-state index in [0.29, 0.717) is 28.7 Å². The number of rotatable bonds is 7. The first-order valence-corrected chi connectivity index (χ1v) is 8.74. The Morgan fingerprint density at radius 3 is 2.52 bits per heavy atom. The van der Waals surface area contributed by atoms with Gasteiger partial charge in [-0.2, -0.15) is 14.9 Å². The van der Waals surface area contributed by atoms with Crippen molar-refractivity contribution < 1.29 is 14.2 Å². The third kappa shape index (κ3) is 4.17. The number of nitrogens with zero attached hydrogens (tertiary/aromatic N) is 3. The quantitative estimate of drug-likeness (QED) is 0.494. The molecule has 27 heavy (non-hydrogen) atoms. The largest absolute Gasteiger partial charge is 0.494 e. The Morgan fingerprint density at radius 2 is 1.85 bits per heavy atom. The van der Waals surface area contributed by atoms with Gasteiger partial charge in [-0.15, -0.1) is 0 Å². The third-order valence-electron chi connectivity index (χ3n) is 3.80. The molecule has 140 valence electrons. The Kier molecular flexibility index (Phi) is 5.87. The SMILES string of the molecule is CCOc1ccc(-c2n[nH]c(=S)n2N=Cc2ccc(OC)c(OC)c2)cc1. The maximum atomic E-state index is 5.47. The van der Waals surface area contributed by atoms with Gasteiger partial charge in [0.05, 0.1) is 27.0 Å². The molecule has 1 heterocycles. The average molecular weight is 384 g/mol. The highest BCUT2D eigenvalue weighted by atomic mass is 32.1. The van der Waals surface area contributed by atoms with Crippen LogP contribution in [0.5, 0.6) is 17.2 Å². The summed E-state index contributed by atoms with van der Waals surface area (Å²) in [6, 6.07) is 13.1. The second-order valence-electron chi connectivity index (χ2n) is 5.48. The summed E-state index contributed by atoms with van der Waals surface area (Å²) in [5.41, 5.74) is 1.71. The van der Waals surface area contributed by atoms with Crippen molar-refractivity contribution in [2.45, 2.75) is 6.92 Å². The first-order chi connectivity index (χ1) is 13.2. The van der Waals surface area contributed by atoms with Crippen LogP contribution in [0.4, 0.5) is 0 Å². The maximum absolute atomic E-state index is 5.47. The minimum absolute atomic E-state index is 0.399. The maximum Gasteiger partial charge on any atom is 0.216 e. The summed E-state index contributed by atoms with van der Waals surface area (Å²) in [5.74, 6) is 2.70. The van der Waals surface area contributed by atoms with Gasteiger partial charge in [-0.3, -0.25) is 0 Å². The van der Waals surface area contributed by atoms with Crippen LogP contribution in [0.25, 0.3) is 11.4 Å². The predicted octanol–water partition coefficient (Wildman–Crippen LogP) is 3.91. The van der Waals surface area contributed by atoms with E-state index in [-0.39, 0.29) is 0 Å². The molecule has 0 amide bonds. The molecule has 0 spiro atoms. The number of H-pyrrole nitrogens is 1. The van der Waals surface area contributed by atoms with Crippen molar-refractivity contribution in [3.8, 4) is 28.6 Å². The highest BCUT2D eigenvalue weighted by molar-refractivity contribution is 7.71. The second-order valence-corrected chi connectivity index (χ2v) is 5.87. The summed E-state index contributed by atoms with van der Waals surface area (Å²) in [4.78, 5) is 0. The van der Waals surface area contributed by atoms with Gasteiger partial charge in [0.1, 0.15) is 5.75 Å². The van der Waals surface area contributed by atoms with E-state index in [2.05, 4.69) is 15.3 Å². The fourth-order valence-electron chi connectivity index (χ4n) is 2.51. The zero-order valence-corrected chi connectivity index (χ0v) is 16.1. The lowest BCUT2D eigenvalue weighted by Gasteiger charge is -2.07. The molecule has 0 aliphatic rings. The van der Waals surface area contributed by atoms with E-state index >= 15 is 0 Å². The van der Waals surface area contributed by atoms with Crippen molar-refractivity contribution in [1.29, 1.82) is 0 Å². The van der Waals surface area contributed by atoms with Crippen molar-refractivity contribution in [2.75, 3.05) is 20.8 Å². The van der Waals surface area contributed by atoms with Gasteiger partial charge in [0.25, 0.3) is 0 Å². The van der Waals surface area contributed by atoms with Gasteiger partial charge in [0.15, 0.2) is 17.3 Å². The molecule has 0 aliphatic carbocycles. The van der Waals surface area contributed by atoms with E-state index in [1.54, 1.807) is 25.1 Å². The predicted molar refractivity (Wildman–Crippen MR) is 107 cm³/mol. The third-order valence-corrected chi connectivity index (χ3v) is 4.07. The number of aromatic amines is 1. The first-order valence-electron chi connectivity index (χ1n) is 8.33. The molecule has 0 fully saturated rings. The molecule has 2 aromatic carbocycles. The van der Waals surface area contributed by atoms with Crippen molar-refractivity contribution >= 4 is 18.4 Å². The number of nitrogens with one attached hydrogen (secondary N) is 1. The van der Waals surface area contributed by atoms with Crippen molar-refractivity contribution in [3.63, 3.8) is 0 Å². The Hall–Kier alpha value is -3.13. The van der Waals surface area contributed by atoms with Gasteiger partial charge in [-0.05, 0) is 67.2 Å². The molecule has 1 aromatic heterocycles. The lowest BCUT2D eigenvalue weighted by Crippen LogP contribution is -1.96. The number of aromatic nitrogens is 3. The van der Waals surface area contributed by atoms with Gasteiger partial charge in [-0.1, -0.05) is 0 Å². The minimum Gasteiger partial charge on any atom is -0.494 e. The number of hydrogen-bond acceptors (Lipinski definition) is 6. The van der Waals surface area contributed by atoms with E-state index < -0.39 is 0 Å². The van der Waals surface area contributed by atoms with Crippen LogP contribution >= 0.6 is 12.2 Å². The van der Waals surface area contributed by atoms with Gasteiger partial charge >= 0.3 is 0 Å². The van der Waals surface area contributed by atoms with Crippen LogP contribution in [0.2, 0.25) is 0 Å². The summed E-state index contributed by atoms with van der Waals surface area (Å²) in [5, 5.41) is 11.5. The summed E-state index contributed by atoms with van der Waals surface area (Å²) in [6.07, 6.45) is 1.69. The van der Waals surface area contributed by atoms with Gasteiger partial charge in [0.2, 0.25) is 4.77 Å². The molecule has 8 heteroatoms. The lowest BCUT2D eigenvalue weighted by atomic mass is 10.2. The van der Waals surface area contributed by atoms with Crippen molar-refractivity contribution in [2.24, 2.45) is 5.10 Å². The van der Waals surface area contributed by atoms with Gasteiger partial charge < -0.3 is 14.2 Å². The molecule has 0 saturated heterocycles. The minimum atomic E-state index is 0.399. The van der Waals surface area contributed by atoms with Crippen LogP contribution in [-0.2, 0) is 0 Å². The van der Waals surface area contributed by atoms with E-state index in [0.717, 1.165) is 16.9 Å². The van der Waals surface area contributed by atoms with Crippen molar-refractivity contribution in [3.05, 3.63) is 52.8 Å². The van der Waals surface area contributed by atoms with Crippen LogP contribution in [0.1, 0.15) is 12.5 Å². The van der Waals surface area contributed by atoms with Gasteiger partial charge in [0, 0.05) is 5.56 Å². The average Bonchev–Trinajstić information content (AvgIpc) is 3.07. The number of hydrogen-bond donors (Lipinski definition) is 1. The van der Waals surface area contributed by atoms with Gasteiger partial charge in [-0.25, -0.2) is 5.10 Å². The Bertz CT molecular complexity index is 993. The highest BCUT2D eigenvalue weighted by Crippen LogP contribution is 2.27. The monoisotopic (exact) mass is 384 g/mol. The van der Waals surface area contributed by atoms with Crippen LogP contribution in [0, 0.1) is 4.77 Å². The number of ether oxygens (including phenoxy) is 3. The van der Waals surface area contributed by atoms with Crippen LogP contribution in [-0.4, -0.2) is 41.9 Å². The second kappa shape index (κ2) is 8.50. The molecule has 0 bridgehead atoms. The molecule has 3 rings (SSSR count). The molecule has 7 nitrogen and oxygen atoms in total. The Morgan fingerprint density at radius 1 is 1.11 bits per heavy atom. The summed E-state index contributed by atoms with van der Waals surface area (Å²) in [6.45, 7) is 2.57. The highest BCUT2D eigenvalue weighted by Gasteiger charge is 2.09. The summed E-state index contributed by atoms with van der Waals surface area (Å²) >= 11 is 5.31. The summed E-state index contributed by atoms with van der Waals surface area (Å²) in [7, 11) is 3.19. The Balaban J connectivity index is 1.91. The lowest BCUT2D eigenvalue weighted by molar-refractivity contribution is 0.340. The summed E-state index contributed by atoms with van der Waals surface area (Å²) < 4.78 is 18.0. The number of methoxy groups -OCH3 is 2. The molecule has 0 saturated carbocycles. The van der Waals surface area contributed by atoms with Crippen LogP contribution < -0.4 is 14.2 Å². The smallest absolute Gasteiger partial charge is 0.216 e. The molecule has 3 aromatic rings. The van der Waals surface area contributed by atoms with E-state index in [9.17, 15) is 0 Å². The fourth-order valence-corrected chi connectivity index (χ4v) is 2.69. The normalized spacial score (nSPS) is 10.9. The molecule has 1 N–H and O–H groups in total. The standard InChI is InChI=1S/C19H20N4O3S/c1-4-26-15-8-6-14(7-9-15)18-21-22-19(27)23(18)20-12-13-5-10-16(24-2)17(11-13)25-3/h5-12H,4H2,1-3H3,(H,22,27). The molecular weight excluding hydrogens is 364 g/mol. The molecule has 0 radical (unpaired) electrons. The zero-order valence-electron chi connectivity index (χ0n) is 15.3. The molecule has 0 aliphatic heterocycles. The van der Waals surface area contributed by atoms with E-state index in [1.807, 2.05) is 49.4 Å². The fraction of sp³-hybridized carbons (Fsp3) is 0.211. The Labute approximate surface area is 162 Å². The molecular formula is C19H20N4O3S. The van der Waals surface area contributed by atoms with Crippen LogP contribution in [0.15, 0.2) is 47.6 Å². The van der Waals surface area contributed by atoms with Crippen molar-refractivity contribution in [1.82, 2.24) is 14.9 Å². The molecule has 0 unspecified atom stereocenters. The first kappa shape index (κ1) is 18.7. The zero-order chi connectivity index (χ0) is 19.2. The van der Waals surface area contributed by atoms with Crippen LogP contribution in [0.3, 0.4) is 0 Å². The topological polar surface area (TPSA) is 73.7 Å². The molecule has 0 atom stereocenters. The van der Waals surface area contributed by atoms with E-state index in [4.69, 9.17) is 26.4 Å². The number of benzene rings is 2.